The van der Waals surface area contributed by atoms with E-state index in [9.17, 15) is 9.59 Å². The lowest BCUT2D eigenvalue weighted by Crippen LogP contribution is -2.49. The van der Waals surface area contributed by atoms with Gasteiger partial charge in [0.05, 0.1) is 11.1 Å². The number of rotatable bonds is 4. The van der Waals surface area contributed by atoms with E-state index in [1.54, 1.807) is 10.6 Å². The van der Waals surface area contributed by atoms with Crippen molar-refractivity contribution >= 4 is 16.8 Å². The second kappa shape index (κ2) is 7.00. The number of carbonyl (C=O) groups is 1. The molecule has 0 spiro atoms. The molecule has 0 aliphatic carbocycles. The van der Waals surface area contributed by atoms with Gasteiger partial charge < -0.3 is 9.64 Å². The Kier molecular flexibility index (Phi) is 4.95. The number of fused-ring (bicyclic) bond motifs is 1. The first kappa shape index (κ1) is 17.7. The van der Waals surface area contributed by atoms with Crippen molar-refractivity contribution in [3.63, 3.8) is 0 Å². The average molecular weight is 342 g/mol. The zero-order valence-corrected chi connectivity index (χ0v) is 15.2. The van der Waals surface area contributed by atoms with Crippen LogP contribution in [0.3, 0.4) is 0 Å². The van der Waals surface area contributed by atoms with Gasteiger partial charge in [-0.3, -0.25) is 14.2 Å². The van der Waals surface area contributed by atoms with Gasteiger partial charge in [0.15, 0.2) is 0 Å². The van der Waals surface area contributed by atoms with Gasteiger partial charge in [-0.05, 0) is 51.1 Å². The number of para-hydroxylation sites is 1. The van der Waals surface area contributed by atoms with Crippen LogP contribution in [-0.4, -0.2) is 40.2 Å². The quantitative estimate of drug-likeness (QED) is 0.858. The summed E-state index contributed by atoms with van der Waals surface area (Å²) < 4.78 is 7.35. The van der Waals surface area contributed by atoms with Gasteiger partial charge in [0.1, 0.15) is 6.54 Å². The fraction of sp³-hybridized carbons (Fsp3) is 0.500. The third-order valence-electron chi connectivity index (χ3n) is 4.97. The van der Waals surface area contributed by atoms with Crippen molar-refractivity contribution < 1.29 is 9.53 Å². The summed E-state index contributed by atoms with van der Waals surface area (Å²) in [6.45, 7) is 7.49. The molecule has 1 atom stereocenters. The van der Waals surface area contributed by atoms with Gasteiger partial charge in [0.2, 0.25) is 5.91 Å². The maximum atomic E-state index is 13.0. The van der Waals surface area contributed by atoms with Crippen LogP contribution in [0.4, 0.5) is 0 Å². The molecule has 0 saturated carbocycles. The van der Waals surface area contributed by atoms with Crippen molar-refractivity contribution in [2.24, 2.45) is 0 Å². The van der Waals surface area contributed by atoms with Gasteiger partial charge in [-0.25, -0.2) is 0 Å². The molecule has 1 amide bonds. The Bertz CT molecular complexity index is 825. The van der Waals surface area contributed by atoms with E-state index in [-0.39, 0.29) is 29.7 Å². The summed E-state index contributed by atoms with van der Waals surface area (Å²) >= 11 is 0. The third-order valence-corrected chi connectivity index (χ3v) is 4.97. The summed E-state index contributed by atoms with van der Waals surface area (Å²) in [4.78, 5) is 27.2. The minimum atomic E-state index is -0.215. The number of hydrogen-bond acceptors (Lipinski definition) is 3. The number of nitrogens with zero attached hydrogens (tertiary/aromatic N) is 2. The lowest BCUT2D eigenvalue weighted by atomic mass is 9.92. The van der Waals surface area contributed by atoms with Crippen molar-refractivity contribution in [2.45, 2.75) is 51.8 Å². The largest absolute Gasteiger partial charge is 0.375 e. The molecule has 1 aliphatic rings. The number of hydrogen-bond donors (Lipinski definition) is 0. The van der Waals surface area contributed by atoms with Gasteiger partial charge in [-0.1, -0.05) is 18.2 Å². The Labute approximate surface area is 148 Å². The number of aromatic nitrogens is 1. The maximum absolute atomic E-state index is 13.0. The van der Waals surface area contributed by atoms with E-state index >= 15 is 0 Å². The normalized spacial score (nSPS) is 19.7. The van der Waals surface area contributed by atoms with Crippen molar-refractivity contribution in [1.82, 2.24) is 9.47 Å². The average Bonchev–Trinajstić information content (AvgIpc) is 2.57. The first-order chi connectivity index (χ1) is 11.9. The topological polar surface area (TPSA) is 51.5 Å². The molecule has 5 nitrogen and oxygen atoms in total. The van der Waals surface area contributed by atoms with Crippen LogP contribution in [0.25, 0.3) is 10.9 Å². The summed E-state index contributed by atoms with van der Waals surface area (Å²) in [6, 6.07) is 11.2. The van der Waals surface area contributed by atoms with Gasteiger partial charge in [-0.15, -0.1) is 0 Å². The molecule has 0 N–H and O–H groups in total. The van der Waals surface area contributed by atoms with Gasteiger partial charge >= 0.3 is 0 Å². The van der Waals surface area contributed by atoms with Crippen molar-refractivity contribution in [3.05, 3.63) is 46.8 Å². The summed E-state index contributed by atoms with van der Waals surface area (Å²) in [5.74, 6) is -0.0105. The Morgan fingerprint density at radius 3 is 2.76 bits per heavy atom. The Hall–Kier alpha value is -2.14. The highest BCUT2D eigenvalue weighted by Crippen LogP contribution is 2.27. The Balaban J connectivity index is 1.86. The first-order valence-electron chi connectivity index (χ1n) is 8.93. The maximum Gasteiger partial charge on any atom is 0.251 e. The Morgan fingerprint density at radius 1 is 1.28 bits per heavy atom. The van der Waals surface area contributed by atoms with Crippen molar-refractivity contribution in [1.29, 1.82) is 0 Å². The fourth-order valence-corrected chi connectivity index (χ4v) is 3.74. The predicted molar refractivity (Wildman–Crippen MR) is 98.6 cm³/mol. The van der Waals surface area contributed by atoms with Crippen molar-refractivity contribution in [2.75, 3.05) is 13.2 Å². The molecule has 0 bridgehead atoms. The molecule has 0 radical (unpaired) electrons. The number of amides is 1. The van der Waals surface area contributed by atoms with Crippen LogP contribution >= 0.6 is 0 Å². The SMILES string of the molecule is CCN(C(=O)Cn1c(=O)ccc2ccccc21)[C@@H]1CCOC(C)(C)C1. The first-order valence-corrected chi connectivity index (χ1v) is 8.93. The van der Waals surface area contributed by atoms with E-state index < -0.39 is 0 Å². The van der Waals surface area contributed by atoms with Crippen LogP contribution < -0.4 is 5.56 Å². The molecular weight excluding hydrogens is 316 g/mol. The van der Waals surface area contributed by atoms with E-state index in [4.69, 9.17) is 4.74 Å². The van der Waals surface area contributed by atoms with Gasteiger partial charge in [-0.2, -0.15) is 0 Å². The molecule has 3 rings (SSSR count). The van der Waals surface area contributed by atoms with Crippen LogP contribution in [0.1, 0.15) is 33.6 Å². The molecule has 1 fully saturated rings. The van der Waals surface area contributed by atoms with E-state index in [0.29, 0.717) is 13.2 Å². The molecule has 25 heavy (non-hydrogen) atoms. The highest BCUT2D eigenvalue weighted by molar-refractivity contribution is 5.82. The number of benzene rings is 1. The predicted octanol–water partition coefficient (Wildman–Crippen LogP) is 2.81. The number of ether oxygens (including phenoxy) is 1. The monoisotopic (exact) mass is 342 g/mol. The molecule has 1 aromatic heterocycles. The standard InChI is InChI=1S/C20H26N2O3/c1-4-21(16-11-12-25-20(2,3)13-16)19(24)14-22-17-8-6-5-7-15(17)9-10-18(22)23/h5-10,16H,4,11-14H2,1-3H3/t16-/m1/s1. The van der Waals surface area contributed by atoms with Crippen LogP contribution in [0.15, 0.2) is 41.2 Å². The number of likely N-dealkylation sites (N-methyl/N-ethyl adjacent to an activating group) is 1. The molecule has 2 aromatic rings. The second-order valence-electron chi connectivity index (χ2n) is 7.25. The summed E-state index contributed by atoms with van der Waals surface area (Å²) in [6.07, 6.45) is 1.66. The highest BCUT2D eigenvalue weighted by Gasteiger charge is 2.33. The van der Waals surface area contributed by atoms with E-state index in [1.165, 1.54) is 6.07 Å². The second-order valence-corrected chi connectivity index (χ2v) is 7.25. The minimum Gasteiger partial charge on any atom is -0.375 e. The smallest absolute Gasteiger partial charge is 0.251 e. The van der Waals surface area contributed by atoms with Crippen LogP contribution in [0.2, 0.25) is 0 Å². The molecule has 2 heterocycles. The van der Waals surface area contributed by atoms with Crippen LogP contribution in [0, 0.1) is 0 Å². The minimum absolute atomic E-state index is 0.0105. The van der Waals surface area contributed by atoms with E-state index in [2.05, 4.69) is 13.8 Å². The van der Waals surface area contributed by atoms with Crippen molar-refractivity contribution in [3.8, 4) is 0 Å². The summed E-state index contributed by atoms with van der Waals surface area (Å²) in [5.41, 5.74) is 0.439. The lowest BCUT2D eigenvalue weighted by Gasteiger charge is -2.41. The molecule has 1 aliphatic heterocycles. The van der Waals surface area contributed by atoms with E-state index in [1.807, 2.05) is 36.1 Å². The van der Waals surface area contributed by atoms with Crippen LogP contribution in [-0.2, 0) is 16.1 Å². The third kappa shape index (κ3) is 3.76. The summed E-state index contributed by atoms with van der Waals surface area (Å²) in [7, 11) is 0. The van der Waals surface area contributed by atoms with Crippen LogP contribution in [0.5, 0.6) is 0 Å². The number of carbonyl (C=O) groups excluding carboxylic acids is 1. The van der Waals surface area contributed by atoms with Gasteiger partial charge in [0, 0.05) is 25.3 Å². The molecule has 0 unspecified atom stereocenters. The zero-order chi connectivity index (χ0) is 18.0. The molecule has 134 valence electrons. The highest BCUT2D eigenvalue weighted by atomic mass is 16.5. The molecule has 1 aromatic carbocycles. The molecule has 5 heteroatoms. The lowest BCUT2D eigenvalue weighted by molar-refractivity contribution is -0.140. The Morgan fingerprint density at radius 2 is 2.04 bits per heavy atom. The summed E-state index contributed by atoms with van der Waals surface area (Å²) in [5, 5.41) is 0.963. The fourth-order valence-electron chi connectivity index (χ4n) is 3.74. The number of pyridine rings is 1. The molecular formula is C20H26N2O3. The zero-order valence-electron chi connectivity index (χ0n) is 15.2. The van der Waals surface area contributed by atoms with E-state index in [0.717, 1.165) is 23.7 Å². The van der Waals surface area contributed by atoms with Gasteiger partial charge in [0.25, 0.3) is 5.56 Å². The molecule has 1 saturated heterocycles.